The van der Waals surface area contributed by atoms with Crippen molar-refractivity contribution in [2.24, 2.45) is 0 Å². The van der Waals surface area contributed by atoms with Crippen molar-refractivity contribution in [3.05, 3.63) is 89.9 Å². The quantitative estimate of drug-likeness (QED) is 0.0768. The summed E-state index contributed by atoms with van der Waals surface area (Å²) in [6, 6.07) is 17.4. The third-order valence-corrected chi connectivity index (χ3v) is 13.1. The second kappa shape index (κ2) is 17.0. The van der Waals surface area contributed by atoms with Crippen LogP contribution in [0.15, 0.2) is 57.9 Å². The van der Waals surface area contributed by atoms with E-state index in [1.54, 1.807) is 45.3 Å². The van der Waals surface area contributed by atoms with E-state index in [0.29, 0.717) is 0 Å². The lowest BCUT2D eigenvalue weighted by Crippen LogP contribution is -1.95. The van der Waals surface area contributed by atoms with Gasteiger partial charge in [0.1, 0.15) is 12.1 Å². The lowest BCUT2D eigenvalue weighted by Gasteiger charge is -2.09. The molecule has 0 aliphatic heterocycles. The van der Waals surface area contributed by atoms with Crippen molar-refractivity contribution in [1.29, 1.82) is 10.5 Å². The molecule has 5 heterocycles. The number of unbranched alkanes of at least 4 members (excludes halogenated alkanes) is 6. The molecule has 0 aliphatic rings. The molecule has 0 saturated heterocycles. The SMILES string of the molecule is CCCCCCc1c(-c2cc(/C=C(\C#N)c3cccs3)cs2)sc(-c2cc(/C=C(\C#N)c3cccs3)cs2)c1CCCCCC. The molecule has 0 atom stereocenters. The fraction of sp³-hybridized carbons (Fsp3) is 0.316. The first-order valence-electron chi connectivity index (χ1n) is 15.8. The van der Waals surface area contributed by atoms with Crippen LogP contribution in [0.4, 0.5) is 0 Å². The van der Waals surface area contributed by atoms with Crippen molar-refractivity contribution < 1.29 is 0 Å². The standard InChI is InChI=1S/C38H38N2S5/c1-3-5-7-9-13-31-32(14-10-8-6-4-2)38(36-22-28(26-44-36)20-30(24-40)34-16-12-18-42-34)45-37(31)35-21-27(25-43-35)19-29(23-39)33-15-11-17-41-33/h11-12,15-22,25-26H,3-10,13-14H2,1-2H3/b29-19+,30-20+. The van der Waals surface area contributed by atoms with Crippen molar-refractivity contribution in [2.75, 3.05) is 0 Å². The van der Waals surface area contributed by atoms with Gasteiger partial charge in [-0.15, -0.1) is 56.7 Å². The van der Waals surface area contributed by atoms with Crippen molar-refractivity contribution in [2.45, 2.75) is 78.1 Å². The Labute approximate surface area is 288 Å². The Hall–Kier alpha value is -3.04. The average Bonchev–Trinajstić information content (AvgIpc) is 3.89. The molecule has 5 rings (SSSR count). The van der Waals surface area contributed by atoms with Crippen LogP contribution in [-0.4, -0.2) is 0 Å². The van der Waals surface area contributed by atoms with Crippen LogP contribution in [0.3, 0.4) is 0 Å². The Bertz CT molecular complexity index is 1660. The van der Waals surface area contributed by atoms with E-state index in [9.17, 15) is 10.5 Å². The smallest absolute Gasteiger partial charge is 0.101 e. The lowest BCUT2D eigenvalue weighted by atomic mass is 9.96. The van der Waals surface area contributed by atoms with Gasteiger partial charge in [-0.05, 0) is 106 Å². The predicted molar refractivity (Wildman–Crippen MR) is 202 cm³/mol. The minimum absolute atomic E-state index is 0.719. The lowest BCUT2D eigenvalue weighted by molar-refractivity contribution is 0.653. The van der Waals surface area contributed by atoms with Gasteiger partial charge >= 0.3 is 0 Å². The number of thiophene rings is 5. The van der Waals surface area contributed by atoms with Crippen LogP contribution >= 0.6 is 56.7 Å². The van der Waals surface area contributed by atoms with E-state index in [0.717, 1.165) is 44.9 Å². The fourth-order valence-electron chi connectivity index (χ4n) is 5.49. The Balaban J connectivity index is 1.55. The highest BCUT2D eigenvalue weighted by Crippen LogP contribution is 2.47. The van der Waals surface area contributed by atoms with Crippen LogP contribution in [0.5, 0.6) is 0 Å². The minimum Gasteiger partial charge on any atom is -0.192 e. The van der Waals surface area contributed by atoms with Gasteiger partial charge in [-0.25, -0.2) is 0 Å². The molecule has 230 valence electrons. The van der Waals surface area contributed by atoms with E-state index in [2.05, 4.69) is 48.9 Å². The van der Waals surface area contributed by atoms with Gasteiger partial charge in [0.2, 0.25) is 0 Å². The summed E-state index contributed by atoms with van der Waals surface area (Å²) in [5.41, 5.74) is 6.68. The minimum atomic E-state index is 0.719. The molecule has 5 aromatic heterocycles. The van der Waals surface area contributed by atoms with E-state index in [1.807, 2.05) is 58.5 Å². The summed E-state index contributed by atoms with van der Waals surface area (Å²) in [6.45, 7) is 4.55. The zero-order chi connectivity index (χ0) is 31.4. The molecule has 0 N–H and O–H groups in total. The molecule has 0 saturated carbocycles. The van der Waals surface area contributed by atoms with Crippen molar-refractivity contribution in [3.63, 3.8) is 0 Å². The maximum atomic E-state index is 9.85. The zero-order valence-corrected chi connectivity index (χ0v) is 30.0. The highest BCUT2D eigenvalue weighted by Gasteiger charge is 2.22. The van der Waals surface area contributed by atoms with Gasteiger partial charge in [0, 0.05) is 29.3 Å². The molecular weight excluding hydrogens is 645 g/mol. The van der Waals surface area contributed by atoms with Gasteiger partial charge in [0.05, 0.1) is 11.1 Å². The third-order valence-electron chi connectivity index (χ3n) is 7.80. The van der Waals surface area contributed by atoms with Crippen molar-refractivity contribution in [1.82, 2.24) is 0 Å². The summed E-state index contributed by atoms with van der Waals surface area (Å²) in [4.78, 5) is 7.40. The molecule has 0 radical (unpaired) electrons. The van der Waals surface area contributed by atoms with Crippen LogP contribution in [-0.2, 0) is 12.8 Å². The average molecular weight is 683 g/mol. The zero-order valence-electron chi connectivity index (χ0n) is 25.9. The molecule has 2 nitrogen and oxygen atoms in total. The Morgan fingerprint density at radius 2 is 1.11 bits per heavy atom. The van der Waals surface area contributed by atoms with Crippen molar-refractivity contribution in [3.8, 4) is 31.6 Å². The predicted octanol–water partition coefficient (Wildman–Crippen LogP) is 13.7. The van der Waals surface area contributed by atoms with Crippen LogP contribution in [0.2, 0.25) is 0 Å². The molecule has 0 bridgehead atoms. The number of hydrogen-bond donors (Lipinski definition) is 0. The Kier molecular flexibility index (Phi) is 12.6. The number of nitrogens with zero attached hydrogens (tertiary/aromatic N) is 2. The van der Waals surface area contributed by atoms with Crippen molar-refractivity contribution >= 4 is 80.0 Å². The molecule has 0 amide bonds. The summed E-state index contributed by atoms with van der Waals surface area (Å²) in [5.74, 6) is 0. The second-order valence-electron chi connectivity index (χ2n) is 11.1. The number of rotatable bonds is 16. The molecule has 0 unspecified atom stereocenters. The molecular formula is C38H38N2S5. The second-order valence-corrected chi connectivity index (χ2v) is 15.9. The van der Waals surface area contributed by atoms with Gasteiger partial charge < -0.3 is 0 Å². The largest absolute Gasteiger partial charge is 0.192 e. The van der Waals surface area contributed by atoms with Gasteiger partial charge in [0.15, 0.2) is 0 Å². The molecule has 45 heavy (non-hydrogen) atoms. The number of hydrogen-bond acceptors (Lipinski definition) is 7. The Morgan fingerprint density at radius 1 is 0.644 bits per heavy atom. The molecule has 7 heteroatoms. The summed E-state index contributed by atoms with van der Waals surface area (Å²) < 4.78 is 0. The van der Waals surface area contributed by atoms with E-state index in [1.165, 1.54) is 82.0 Å². The molecule has 0 fully saturated rings. The first-order chi connectivity index (χ1) is 22.1. The van der Waals surface area contributed by atoms with Crippen LogP contribution < -0.4 is 0 Å². The highest BCUT2D eigenvalue weighted by molar-refractivity contribution is 7.26. The summed E-state index contributed by atoms with van der Waals surface area (Å²) >= 11 is 8.75. The summed E-state index contributed by atoms with van der Waals surface area (Å²) in [7, 11) is 0. The normalized spacial score (nSPS) is 12.0. The summed E-state index contributed by atoms with van der Waals surface area (Å²) in [6.07, 6.45) is 16.2. The summed E-state index contributed by atoms with van der Waals surface area (Å²) in [5, 5.41) is 28.1. The molecule has 0 aromatic carbocycles. The number of allylic oxidation sites excluding steroid dienone is 2. The maximum Gasteiger partial charge on any atom is 0.101 e. The van der Waals surface area contributed by atoms with Crippen LogP contribution in [0.1, 0.15) is 97.2 Å². The van der Waals surface area contributed by atoms with Gasteiger partial charge in [0.25, 0.3) is 0 Å². The van der Waals surface area contributed by atoms with Crippen LogP contribution in [0.25, 0.3) is 42.8 Å². The van der Waals surface area contributed by atoms with Gasteiger partial charge in [-0.3, -0.25) is 0 Å². The Morgan fingerprint density at radius 3 is 1.49 bits per heavy atom. The monoisotopic (exact) mass is 682 g/mol. The van der Waals surface area contributed by atoms with Gasteiger partial charge in [-0.1, -0.05) is 64.5 Å². The van der Waals surface area contributed by atoms with Gasteiger partial charge in [-0.2, -0.15) is 10.5 Å². The van der Waals surface area contributed by atoms with E-state index in [-0.39, 0.29) is 0 Å². The van der Waals surface area contributed by atoms with E-state index < -0.39 is 0 Å². The topological polar surface area (TPSA) is 47.6 Å². The van der Waals surface area contributed by atoms with E-state index >= 15 is 0 Å². The highest BCUT2D eigenvalue weighted by atomic mass is 32.1. The third kappa shape index (κ3) is 8.61. The fourth-order valence-corrected chi connectivity index (χ4v) is 10.3. The first-order valence-corrected chi connectivity index (χ1v) is 20.1. The first kappa shape index (κ1) is 33.3. The van der Waals surface area contributed by atoms with Crippen LogP contribution in [0, 0.1) is 22.7 Å². The molecule has 0 aliphatic carbocycles. The number of nitriles is 2. The molecule has 5 aromatic rings. The molecule has 0 spiro atoms. The maximum absolute atomic E-state index is 9.85. The van der Waals surface area contributed by atoms with E-state index in [4.69, 9.17) is 0 Å².